The van der Waals surface area contributed by atoms with Gasteiger partial charge in [-0.05, 0) is 23.3 Å². The molecule has 2 aliphatic rings. The highest BCUT2D eigenvalue weighted by atomic mass is 16.5. The second-order valence-corrected chi connectivity index (χ2v) is 5.07. The number of anilines is 1. The lowest BCUT2D eigenvalue weighted by Crippen LogP contribution is -2.42. The van der Waals surface area contributed by atoms with Gasteiger partial charge in [0.15, 0.2) is 0 Å². The summed E-state index contributed by atoms with van der Waals surface area (Å²) in [5.74, 6) is 0.908. The average molecular weight is 261 g/mol. The molecule has 0 bridgehead atoms. The topological polar surface area (TPSA) is 53.6 Å². The van der Waals surface area contributed by atoms with Crippen LogP contribution in [0.1, 0.15) is 11.1 Å². The molecule has 1 aromatic rings. The molecule has 0 spiro atoms. The van der Waals surface area contributed by atoms with Crippen LogP contribution >= 0.6 is 0 Å². The average Bonchev–Trinajstić information content (AvgIpc) is 2.80. The van der Waals surface area contributed by atoms with Crippen LogP contribution < -0.4 is 15.4 Å². The Hall–Kier alpha value is -1.59. The lowest BCUT2D eigenvalue weighted by Gasteiger charge is -2.28. The fraction of sp³-hybridized carbons (Fsp3) is 0.500. The van der Waals surface area contributed by atoms with Crippen LogP contribution in [0.4, 0.5) is 5.69 Å². The van der Waals surface area contributed by atoms with Crippen LogP contribution in [-0.4, -0.2) is 44.1 Å². The molecule has 0 unspecified atom stereocenters. The lowest BCUT2D eigenvalue weighted by atomic mass is 10.1. The molecule has 1 amide bonds. The zero-order valence-electron chi connectivity index (χ0n) is 11.2. The molecule has 19 heavy (non-hydrogen) atoms. The van der Waals surface area contributed by atoms with E-state index in [0.717, 1.165) is 55.3 Å². The lowest BCUT2D eigenvalue weighted by molar-refractivity contribution is -0.115. The molecule has 0 atom stereocenters. The number of ether oxygens (including phenoxy) is 1. The summed E-state index contributed by atoms with van der Waals surface area (Å²) >= 11 is 0. The molecule has 5 heteroatoms. The molecular formula is C14H19N3O2. The van der Waals surface area contributed by atoms with E-state index in [1.165, 1.54) is 0 Å². The van der Waals surface area contributed by atoms with Crippen LogP contribution in [0, 0.1) is 0 Å². The Morgan fingerprint density at radius 2 is 2.11 bits per heavy atom. The van der Waals surface area contributed by atoms with E-state index in [1.807, 2.05) is 12.1 Å². The fourth-order valence-corrected chi connectivity index (χ4v) is 2.74. The number of amides is 1. The number of methoxy groups -OCH3 is 1. The van der Waals surface area contributed by atoms with Crippen molar-refractivity contribution < 1.29 is 9.53 Å². The number of piperazine rings is 1. The van der Waals surface area contributed by atoms with Crippen molar-refractivity contribution in [2.24, 2.45) is 0 Å². The van der Waals surface area contributed by atoms with Gasteiger partial charge in [0.2, 0.25) is 5.91 Å². The first-order chi connectivity index (χ1) is 9.26. The number of nitrogens with one attached hydrogen (secondary N) is 2. The summed E-state index contributed by atoms with van der Waals surface area (Å²) < 4.78 is 5.33. The molecule has 0 aliphatic carbocycles. The molecule has 2 heterocycles. The first kappa shape index (κ1) is 12.4. The van der Waals surface area contributed by atoms with Crippen molar-refractivity contribution in [2.45, 2.75) is 13.0 Å². The third-order valence-corrected chi connectivity index (χ3v) is 3.73. The molecular weight excluding hydrogens is 242 g/mol. The third kappa shape index (κ3) is 2.57. The van der Waals surface area contributed by atoms with Crippen molar-refractivity contribution >= 4 is 11.6 Å². The third-order valence-electron chi connectivity index (χ3n) is 3.73. The summed E-state index contributed by atoms with van der Waals surface area (Å²) in [5.41, 5.74) is 3.20. The van der Waals surface area contributed by atoms with Crippen molar-refractivity contribution in [3.63, 3.8) is 0 Å². The number of benzene rings is 1. The van der Waals surface area contributed by atoms with E-state index in [9.17, 15) is 4.79 Å². The molecule has 3 rings (SSSR count). The van der Waals surface area contributed by atoms with E-state index in [0.29, 0.717) is 6.42 Å². The minimum Gasteiger partial charge on any atom is -0.497 e. The van der Waals surface area contributed by atoms with E-state index >= 15 is 0 Å². The van der Waals surface area contributed by atoms with Crippen LogP contribution in [0.15, 0.2) is 12.1 Å². The number of hydrogen-bond donors (Lipinski definition) is 2. The first-order valence-electron chi connectivity index (χ1n) is 6.69. The summed E-state index contributed by atoms with van der Waals surface area (Å²) in [7, 11) is 1.67. The Morgan fingerprint density at radius 1 is 1.32 bits per heavy atom. The van der Waals surface area contributed by atoms with Gasteiger partial charge in [-0.3, -0.25) is 9.69 Å². The van der Waals surface area contributed by atoms with Gasteiger partial charge < -0.3 is 15.4 Å². The van der Waals surface area contributed by atoms with Gasteiger partial charge in [0.05, 0.1) is 13.5 Å². The monoisotopic (exact) mass is 261 g/mol. The highest BCUT2D eigenvalue weighted by molar-refractivity contribution is 6.00. The zero-order valence-corrected chi connectivity index (χ0v) is 11.2. The van der Waals surface area contributed by atoms with Crippen LogP contribution in [0.5, 0.6) is 5.75 Å². The Labute approximate surface area is 112 Å². The van der Waals surface area contributed by atoms with Crippen LogP contribution in [-0.2, 0) is 17.8 Å². The maximum absolute atomic E-state index is 11.6. The molecule has 1 fully saturated rings. The van der Waals surface area contributed by atoms with Gasteiger partial charge in [-0.2, -0.15) is 0 Å². The van der Waals surface area contributed by atoms with E-state index in [2.05, 4.69) is 15.5 Å². The van der Waals surface area contributed by atoms with E-state index in [-0.39, 0.29) is 5.91 Å². The maximum Gasteiger partial charge on any atom is 0.228 e. The van der Waals surface area contributed by atoms with Crippen molar-refractivity contribution in [1.82, 2.24) is 10.2 Å². The predicted molar refractivity (Wildman–Crippen MR) is 73.5 cm³/mol. The minimum atomic E-state index is 0.0739. The summed E-state index contributed by atoms with van der Waals surface area (Å²) in [6.45, 7) is 5.00. The van der Waals surface area contributed by atoms with Gasteiger partial charge in [0.1, 0.15) is 5.75 Å². The zero-order chi connectivity index (χ0) is 13.2. The number of hydrogen-bond acceptors (Lipinski definition) is 4. The van der Waals surface area contributed by atoms with Crippen molar-refractivity contribution in [3.05, 3.63) is 23.3 Å². The normalized spacial score (nSPS) is 19.1. The molecule has 2 N–H and O–H groups in total. The summed E-state index contributed by atoms with van der Waals surface area (Å²) in [4.78, 5) is 14.0. The minimum absolute atomic E-state index is 0.0739. The van der Waals surface area contributed by atoms with Gasteiger partial charge in [-0.25, -0.2) is 0 Å². The number of carbonyl (C=O) groups is 1. The first-order valence-corrected chi connectivity index (χ1v) is 6.69. The number of carbonyl (C=O) groups excluding carboxylic acids is 1. The maximum atomic E-state index is 11.6. The van der Waals surface area contributed by atoms with E-state index in [4.69, 9.17) is 4.74 Å². The van der Waals surface area contributed by atoms with E-state index < -0.39 is 0 Å². The second kappa shape index (κ2) is 5.19. The largest absolute Gasteiger partial charge is 0.497 e. The van der Waals surface area contributed by atoms with Crippen LogP contribution in [0.3, 0.4) is 0 Å². The molecule has 2 aliphatic heterocycles. The number of nitrogens with zero attached hydrogens (tertiary/aromatic N) is 1. The Kier molecular flexibility index (Phi) is 3.40. The van der Waals surface area contributed by atoms with Crippen LogP contribution in [0.2, 0.25) is 0 Å². The predicted octanol–water partition coefficient (Wildman–Crippen LogP) is 0.595. The SMILES string of the molecule is COc1cc2c(c(CN3CCNCC3)c1)NC(=O)C2. The fourth-order valence-electron chi connectivity index (χ4n) is 2.74. The second-order valence-electron chi connectivity index (χ2n) is 5.07. The molecule has 5 nitrogen and oxygen atoms in total. The van der Waals surface area contributed by atoms with Crippen molar-refractivity contribution in [2.75, 3.05) is 38.6 Å². The highest BCUT2D eigenvalue weighted by Crippen LogP contribution is 2.32. The molecule has 1 aromatic carbocycles. The molecule has 0 saturated carbocycles. The Morgan fingerprint density at radius 3 is 2.84 bits per heavy atom. The quantitative estimate of drug-likeness (QED) is 0.836. The molecule has 0 aromatic heterocycles. The molecule has 102 valence electrons. The Bertz CT molecular complexity index is 496. The van der Waals surface area contributed by atoms with Gasteiger partial charge >= 0.3 is 0 Å². The molecule has 0 radical (unpaired) electrons. The highest BCUT2D eigenvalue weighted by Gasteiger charge is 2.23. The Balaban J connectivity index is 1.87. The van der Waals surface area contributed by atoms with Gasteiger partial charge in [-0.15, -0.1) is 0 Å². The number of rotatable bonds is 3. The van der Waals surface area contributed by atoms with Crippen LogP contribution in [0.25, 0.3) is 0 Å². The standard InChI is InChI=1S/C14H19N3O2/c1-19-12-6-10-8-13(18)16-14(10)11(7-12)9-17-4-2-15-3-5-17/h6-7,15H,2-5,8-9H2,1H3,(H,16,18). The van der Waals surface area contributed by atoms with Crippen molar-refractivity contribution in [3.8, 4) is 5.75 Å². The van der Waals surface area contributed by atoms with Crippen molar-refractivity contribution in [1.29, 1.82) is 0 Å². The van der Waals surface area contributed by atoms with Gasteiger partial charge in [0.25, 0.3) is 0 Å². The smallest absolute Gasteiger partial charge is 0.228 e. The summed E-state index contributed by atoms with van der Waals surface area (Å²) in [6.07, 6.45) is 0.459. The molecule has 1 saturated heterocycles. The van der Waals surface area contributed by atoms with Gasteiger partial charge in [-0.1, -0.05) is 0 Å². The summed E-state index contributed by atoms with van der Waals surface area (Å²) in [5, 5.41) is 6.32. The van der Waals surface area contributed by atoms with Gasteiger partial charge in [0, 0.05) is 38.4 Å². The number of fused-ring (bicyclic) bond motifs is 1. The van der Waals surface area contributed by atoms with E-state index in [1.54, 1.807) is 7.11 Å². The summed E-state index contributed by atoms with van der Waals surface area (Å²) in [6, 6.07) is 3.99.